The summed E-state index contributed by atoms with van der Waals surface area (Å²) in [6.45, 7) is 2.35. The highest BCUT2D eigenvalue weighted by Crippen LogP contribution is 2.36. The number of benzene rings is 3. The highest BCUT2D eigenvalue weighted by molar-refractivity contribution is 6.00. The van der Waals surface area contributed by atoms with Crippen LogP contribution in [0.25, 0.3) is 0 Å². The Bertz CT molecular complexity index is 1160. The first-order chi connectivity index (χ1) is 16.1. The van der Waals surface area contributed by atoms with Crippen molar-refractivity contribution >= 4 is 11.6 Å². The first-order valence-electron chi connectivity index (χ1n) is 11.0. The molecule has 3 aromatic rings. The SMILES string of the molecule is O=C(c1c(O)cc(F)cc1OCc1ccccc1)N1Cc2cccc(NC3CCOC3)c2C1. The fourth-order valence-corrected chi connectivity index (χ4v) is 4.36. The summed E-state index contributed by atoms with van der Waals surface area (Å²) in [6, 6.07) is 17.7. The first-order valence-corrected chi connectivity index (χ1v) is 11.0. The Kier molecular flexibility index (Phi) is 5.88. The number of fused-ring (bicyclic) bond motifs is 1. The van der Waals surface area contributed by atoms with Crippen LogP contribution in [0, 0.1) is 5.82 Å². The number of rotatable bonds is 6. The topological polar surface area (TPSA) is 71.0 Å². The molecule has 0 saturated carbocycles. The van der Waals surface area contributed by atoms with Crippen molar-refractivity contribution in [2.24, 2.45) is 0 Å². The number of phenols is 1. The van der Waals surface area contributed by atoms with E-state index in [1.54, 1.807) is 4.90 Å². The molecule has 3 aromatic carbocycles. The average Bonchev–Trinajstić information content (AvgIpc) is 3.48. The van der Waals surface area contributed by atoms with Gasteiger partial charge in [-0.2, -0.15) is 0 Å². The zero-order valence-corrected chi connectivity index (χ0v) is 18.1. The summed E-state index contributed by atoms with van der Waals surface area (Å²) in [7, 11) is 0. The number of amides is 1. The van der Waals surface area contributed by atoms with Crippen LogP contribution in [0.5, 0.6) is 11.5 Å². The second kappa shape index (κ2) is 9.11. The molecule has 0 aliphatic carbocycles. The third kappa shape index (κ3) is 4.50. The van der Waals surface area contributed by atoms with Crippen LogP contribution < -0.4 is 10.1 Å². The van der Waals surface area contributed by atoms with Crippen LogP contribution >= 0.6 is 0 Å². The van der Waals surface area contributed by atoms with Gasteiger partial charge in [-0.3, -0.25) is 4.79 Å². The van der Waals surface area contributed by atoms with Gasteiger partial charge in [0.2, 0.25) is 0 Å². The van der Waals surface area contributed by atoms with Crippen molar-refractivity contribution in [2.75, 3.05) is 18.5 Å². The molecule has 7 heteroatoms. The van der Waals surface area contributed by atoms with Crippen molar-refractivity contribution < 1.29 is 23.8 Å². The molecule has 5 rings (SSSR count). The number of nitrogens with zero attached hydrogens (tertiary/aromatic N) is 1. The maximum Gasteiger partial charge on any atom is 0.262 e. The van der Waals surface area contributed by atoms with Crippen LogP contribution in [0.1, 0.15) is 33.5 Å². The van der Waals surface area contributed by atoms with E-state index in [9.17, 15) is 14.3 Å². The summed E-state index contributed by atoms with van der Waals surface area (Å²) in [5, 5.41) is 14.0. The maximum atomic E-state index is 14.1. The monoisotopic (exact) mass is 448 g/mol. The number of halogens is 1. The second-order valence-electron chi connectivity index (χ2n) is 8.38. The Morgan fingerprint density at radius 2 is 2.00 bits per heavy atom. The van der Waals surface area contributed by atoms with Gasteiger partial charge >= 0.3 is 0 Å². The molecule has 170 valence electrons. The summed E-state index contributed by atoms with van der Waals surface area (Å²) in [6.07, 6.45) is 0.942. The normalized spacial score (nSPS) is 17.1. The van der Waals surface area contributed by atoms with E-state index < -0.39 is 17.5 Å². The fourth-order valence-electron chi connectivity index (χ4n) is 4.36. The van der Waals surface area contributed by atoms with Gasteiger partial charge < -0.3 is 24.8 Å². The van der Waals surface area contributed by atoms with Crippen molar-refractivity contribution in [1.29, 1.82) is 0 Å². The van der Waals surface area contributed by atoms with Gasteiger partial charge in [-0.15, -0.1) is 0 Å². The molecule has 2 aliphatic rings. The van der Waals surface area contributed by atoms with Gasteiger partial charge in [0, 0.05) is 37.5 Å². The van der Waals surface area contributed by atoms with E-state index in [1.165, 1.54) is 0 Å². The van der Waals surface area contributed by atoms with Gasteiger partial charge in [0.1, 0.15) is 29.5 Å². The molecule has 0 spiro atoms. The minimum Gasteiger partial charge on any atom is -0.507 e. The lowest BCUT2D eigenvalue weighted by molar-refractivity contribution is 0.0743. The molecular formula is C26H25FN2O4. The largest absolute Gasteiger partial charge is 0.507 e. The molecule has 1 fully saturated rings. The molecule has 0 aromatic heterocycles. The van der Waals surface area contributed by atoms with Crippen molar-refractivity contribution in [1.82, 2.24) is 4.90 Å². The predicted octanol–water partition coefficient (Wildman–Crippen LogP) is 4.47. The van der Waals surface area contributed by atoms with Crippen molar-refractivity contribution in [3.63, 3.8) is 0 Å². The van der Waals surface area contributed by atoms with Gasteiger partial charge in [0.15, 0.2) is 0 Å². The molecule has 2 aliphatic heterocycles. The number of phenolic OH excluding ortho intramolecular Hbond substituents is 1. The molecule has 1 unspecified atom stereocenters. The number of carbonyl (C=O) groups is 1. The lowest BCUT2D eigenvalue weighted by Crippen LogP contribution is -2.26. The van der Waals surface area contributed by atoms with Crippen LogP contribution in [0.15, 0.2) is 60.7 Å². The van der Waals surface area contributed by atoms with E-state index in [2.05, 4.69) is 5.32 Å². The molecule has 2 N–H and O–H groups in total. The summed E-state index contributed by atoms with van der Waals surface area (Å²) < 4.78 is 25.3. The zero-order chi connectivity index (χ0) is 22.8. The number of carbonyl (C=O) groups excluding carboxylic acids is 1. The summed E-state index contributed by atoms with van der Waals surface area (Å²) in [5.74, 6) is -1.47. The van der Waals surface area contributed by atoms with Crippen LogP contribution in [0.3, 0.4) is 0 Å². The Morgan fingerprint density at radius 3 is 2.79 bits per heavy atom. The zero-order valence-electron chi connectivity index (χ0n) is 18.1. The average molecular weight is 448 g/mol. The van der Waals surface area contributed by atoms with E-state index >= 15 is 0 Å². The molecule has 0 radical (unpaired) electrons. The highest BCUT2D eigenvalue weighted by atomic mass is 19.1. The lowest BCUT2D eigenvalue weighted by Gasteiger charge is -2.20. The molecular weight excluding hydrogens is 423 g/mol. The Balaban J connectivity index is 1.38. The Labute approximate surface area is 191 Å². The smallest absolute Gasteiger partial charge is 0.262 e. The number of anilines is 1. The van der Waals surface area contributed by atoms with Gasteiger partial charge in [-0.05, 0) is 29.2 Å². The third-order valence-electron chi connectivity index (χ3n) is 6.06. The summed E-state index contributed by atoms with van der Waals surface area (Å²) in [5.41, 5.74) is 3.92. The molecule has 1 atom stereocenters. The third-order valence-corrected chi connectivity index (χ3v) is 6.06. The fraction of sp³-hybridized carbons (Fsp3) is 0.269. The summed E-state index contributed by atoms with van der Waals surface area (Å²) in [4.78, 5) is 15.1. The van der Waals surface area contributed by atoms with Crippen LogP contribution in [0.2, 0.25) is 0 Å². The van der Waals surface area contributed by atoms with Crippen LogP contribution in [-0.2, 0) is 24.4 Å². The van der Waals surface area contributed by atoms with Crippen molar-refractivity contribution in [3.05, 3.63) is 88.7 Å². The number of hydrogen-bond donors (Lipinski definition) is 2. The molecule has 0 bridgehead atoms. The van der Waals surface area contributed by atoms with Crippen molar-refractivity contribution in [3.8, 4) is 11.5 Å². The predicted molar refractivity (Wildman–Crippen MR) is 122 cm³/mol. The minimum atomic E-state index is -0.665. The van der Waals surface area contributed by atoms with E-state index in [0.29, 0.717) is 19.7 Å². The van der Waals surface area contributed by atoms with E-state index in [-0.39, 0.29) is 24.0 Å². The number of hydrogen-bond acceptors (Lipinski definition) is 5. The molecule has 1 saturated heterocycles. The van der Waals surface area contributed by atoms with E-state index in [4.69, 9.17) is 9.47 Å². The number of nitrogens with one attached hydrogen (secondary N) is 1. The molecule has 6 nitrogen and oxygen atoms in total. The van der Waals surface area contributed by atoms with E-state index in [0.717, 1.165) is 47.5 Å². The Hall–Kier alpha value is -3.58. The number of aromatic hydroxyl groups is 1. The minimum absolute atomic E-state index is 0.0266. The Morgan fingerprint density at radius 1 is 1.15 bits per heavy atom. The first kappa shape index (κ1) is 21.3. The summed E-state index contributed by atoms with van der Waals surface area (Å²) >= 11 is 0. The standard InChI is InChI=1S/C26H25FN2O4/c27-19-11-23(30)25(24(12-19)33-15-17-5-2-1-3-6-17)26(31)29-13-18-7-4-8-22(21(18)14-29)28-20-9-10-32-16-20/h1-8,11-12,20,28,30H,9-10,13-16H2. The van der Waals surface area contributed by atoms with Crippen molar-refractivity contribution in [2.45, 2.75) is 32.2 Å². The number of ether oxygens (including phenoxy) is 2. The van der Waals surface area contributed by atoms with Gasteiger partial charge in [-0.1, -0.05) is 42.5 Å². The van der Waals surface area contributed by atoms with Crippen LogP contribution in [0.4, 0.5) is 10.1 Å². The van der Waals surface area contributed by atoms with E-state index in [1.807, 2.05) is 48.5 Å². The van der Waals surface area contributed by atoms with Crippen LogP contribution in [-0.4, -0.2) is 35.2 Å². The van der Waals surface area contributed by atoms with Gasteiger partial charge in [-0.25, -0.2) is 4.39 Å². The molecule has 1 amide bonds. The lowest BCUT2D eigenvalue weighted by atomic mass is 10.1. The van der Waals surface area contributed by atoms with Gasteiger partial charge in [0.25, 0.3) is 5.91 Å². The maximum absolute atomic E-state index is 14.1. The highest BCUT2D eigenvalue weighted by Gasteiger charge is 2.31. The molecule has 33 heavy (non-hydrogen) atoms. The van der Waals surface area contributed by atoms with Gasteiger partial charge in [0.05, 0.1) is 12.6 Å². The second-order valence-corrected chi connectivity index (χ2v) is 8.38. The molecule has 2 heterocycles. The quantitative estimate of drug-likeness (QED) is 0.582.